The molecule has 4 bridgehead atoms. The van der Waals surface area contributed by atoms with Crippen molar-refractivity contribution in [1.82, 2.24) is 38.2 Å². The van der Waals surface area contributed by atoms with E-state index in [-0.39, 0.29) is 52.3 Å². The van der Waals surface area contributed by atoms with Gasteiger partial charge in [0.2, 0.25) is 0 Å². The van der Waals surface area contributed by atoms with Crippen LogP contribution in [0, 0.1) is 23.7 Å². The van der Waals surface area contributed by atoms with Crippen molar-refractivity contribution in [3.63, 3.8) is 0 Å². The first-order chi connectivity index (χ1) is 24.1. The molecule has 4 aromatic rings. The molecule has 7 unspecified atom stereocenters. The molecule has 4 aromatic heterocycles. The number of ketones is 1. The maximum atomic E-state index is 12.8. The van der Waals surface area contributed by atoms with Crippen molar-refractivity contribution in [2.75, 3.05) is 0 Å². The molecule has 14 nitrogen and oxygen atoms in total. The quantitative estimate of drug-likeness (QED) is 0.226. The van der Waals surface area contributed by atoms with Crippen molar-refractivity contribution in [3.05, 3.63) is 53.3 Å². The summed E-state index contributed by atoms with van der Waals surface area (Å²) in [6, 6.07) is 0. The number of nitrogens with zero attached hydrogens (tertiary/aromatic N) is 6. The predicted molar refractivity (Wildman–Crippen MR) is 189 cm³/mol. The smallest absolute Gasteiger partial charge is 0.332 e. The van der Waals surface area contributed by atoms with Gasteiger partial charge in [-0.1, -0.05) is 27.7 Å². The van der Waals surface area contributed by atoms with Gasteiger partial charge >= 0.3 is 11.4 Å². The van der Waals surface area contributed by atoms with Crippen molar-refractivity contribution >= 4 is 28.1 Å². The van der Waals surface area contributed by atoms with Gasteiger partial charge < -0.3 is 15.1 Å². The highest BCUT2D eigenvalue weighted by Crippen LogP contribution is 2.54. The number of carbonyl (C=O) groups excluding carboxylic acids is 1. The number of aliphatic hydroxyl groups excluding tert-OH is 1. The van der Waals surface area contributed by atoms with Gasteiger partial charge in [0, 0.05) is 50.4 Å². The van der Waals surface area contributed by atoms with Crippen LogP contribution < -0.4 is 22.5 Å². The summed E-state index contributed by atoms with van der Waals surface area (Å²) >= 11 is 0. The molecular formula is C36H50N8O6. The lowest BCUT2D eigenvalue weighted by Crippen LogP contribution is -2.40. The zero-order valence-electron chi connectivity index (χ0n) is 29.6. The molecule has 4 fully saturated rings. The number of nitrogens with one attached hydrogen (secondary N) is 2. The second-order valence-corrected chi connectivity index (χ2v) is 14.9. The minimum atomic E-state index is -0.301. The van der Waals surface area contributed by atoms with Crippen LogP contribution in [0.15, 0.2) is 19.2 Å². The third kappa shape index (κ3) is 5.45. The van der Waals surface area contributed by atoms with Gasteiger partial charge in [-0.2, -0.15) is 0 Å². The van der Waals surface area contributed by atoms with E-state index in [1.807, 2.05) is 27.7 Å². The van der Waals surface area contributed by atoms with Crippen LogP contribution >= 0.6 is 0 Å². The Bertz CT molecular complexity index is 2170. The molecule has 4 heterocycles. The largest absolute Gasteiger partial charge is 0.393 e. The van der Waals surface area contributed by atoms with Crippen LogP contribution in [0.5, 0.6) is 0 Å². The van der Waals surface area contributed by atoms with Gasteiger partial charge in [-0.25, -0.2) is 19.6 Å². The van der Waals surface area contributed by atoms with Crippen LogP contribution in [0.4, 0.5) is 0 Å². The Balaban J connectivity index is 0.000000157. The highest BCUT2D eigenvalue weighted by atomic mass is 16.3. The van der Waals surface area contributed by atoms with Crippen LogP contribution in [0.3, 0.4) is 0 Å². The summed E-state index contributed by atoms with van der Waals surface area (Å²) in [4.78, 5) is 78.9. The SMILES string of the molecule is CCCn1c(=O)c2[nH]c(C3C4CCC3C(=O)C4)nc2n(CCC)c1=O.CCCn1c(=O)c2[nH]c(C3C4CCC3C(O)C4)nc2n(CCC)c1=O. The number of aryl methyl sites for hydroxylation is 2. The van der Waals surface area contributed by atoms with Crippen LogP contribution in [0.2, 0.25) is 0 Å². The fraction of sp³-hybridized carbons (Fsp3) is 0.694. The highest BCUT2D eigenvalue weighted by Gasteiger charge is 2.50. The summed E-state index contributed by atoms with van der Waals surface area (Å²) in [6.45, 7) is 9.80. The normalized spacial score (nSPS) is 26.8. The van der Waals surface area contributed by atoms with E-state index < -0.39 is 0 Å². The first-order valence-electron chi connectivity index (χ1n) is 18.8. The molecule has 0 radical (unpaired) electrons. The lowest BCUT2D eigenvalue weighted by atomic mass is 9.96. The Morgan fingerprint density at radius 3 is 1.52 bits per heavy atom. The first-order valence-corrected chi connectivity index (χ1v) is 18.8. The minimum Gasteiger partial charge on any atom is -0.393 e. The molecule has 4 aliphatic carbocycles. The molecule has 14 heteroatoms. The zero-order valence-corrected chi connectivity index (χ0v) is 29.6. The Kier molecular flexibility index (Phi) is 9.33. The lowest BCUT2D eigenvalue weighted by molar-refractivity contribution is -0.121. The molecule has 0 aromatic carbocycles. The summed E-state index contributed by atoms with van der Waals surface area (Å²) in [5, 5.41) is 10.2. The number of hydrogen-bond acceptors (Lipinski definition) is 8. The molecule has 0 saturated heterocycles. The Labute approximate surface area is 289 Å². The van der Waals surface area contributed by atoms with E-state index in [4.69, 9.17) is 4.98 Å². The van der Waals surface area contributed by atoms with E-state index in [9.17, 15) is 29.1 Å². The highest BCUT2D eigenvalue weighted by molar-refractivity contribution is 5.86. The number of hydrogen-bond donors (Lipinski definition) is 3. The van der Waals surface area contributed by atoms with E-state index in [1.165, 1.54) is 9.13 Å². The number of H-pyrrole nitrogens is 2. The van der Waals surface area contributed by atoms with Crippen LogP contribution in [-0.2, 0) is 31.0 Å². The third-order valence-corrected chi connectivity index (χ3v) is 11.7. The predicted octanol–water partition coefficient (Wildman–Crippen LogP) is 3.37. The van der Waals surface area contributed by atoms with Gasteiger partial charge in [0.1, 0.15) is 28.5 Å². The summed E-state index contributed by atoms with van der Waals surface area (Å²) in [5.74, 6) is 3.03. The molecule has 0 spiro atoms. The fourth-order valence-electron chi connectivity index (χ4n) is 9.59. The second-order valence-electron chi connectivity index (χ2n) is 14.9. The number of Topliss-reactive ketones (excluding diaryl/α,β-unsaturated/α-hetero) is 1. The van der Waals surface area contributed by atoms with Crippen molar-refractivity contribution < 1.29 is 9.90 Å². The lowest BCUT2D eigenvalue weighted by Gasteiger charge is -2.15. The monoisotopic (exact) mass is 690 g/mol. The molecule has 0 amide bonds. The van der Waals surface area contributed by atoms with Gasteiger partial charge in [-0.05, 0) is 75.5 Å². The van der Waals surface area contributed by atoms with E-state index in [1.54, 1.807) is 9.13 Å². The number of fused-ring (bicyclic) bond motifs is 6. The third-order valence-electron chi connectivity index (χ3n) is 11.7. The fourth-order valence-corrected chi connectivity index (χ4v) is 9.59. The Morgan fingerprint density at radius 2 is 1.12 bits per heavy atom. The summed E-state index contributed by atoms with van der Waals surface area (Å²) in [6.07, 6.45) is 8.26. The van der Waals surface area contributed by atoms with Crippen LogP contribution in [-0.4, -0.2) is 55.2 Å². The van der Waals surface area contributed by atoms with Gasteiger partial charge in [0.05, 0.1) is 6.10 Å². The standard InChI is InChI=1S/C18H26N4O3.C18H24N4O3/c2*1-3-7-21-16-14(17(24)22(8-4-2)18(21)25)19-15(20-16)13-10-5-6-11(13)12(23)9-10/h10-13,23H,3-9H2,1-2H3,(H,19,20);10-11,13H,3-9H2,1-2H3,(H,19,20). The summed E-state index contributed by atoms with van der Waals surface area (Å²) in [5.41, 5.74) is 0.604. The van der Waals surface area contributed by atoms with Gasteiger partial charge in [0.15, 0.2) is 11.3 Å². The zero-order chi connectivity index (χ0) is 35.4. The maximum absolute atomic E-state index is 12.8. The van der Waals surface area contributed by atoms with E-state index in [0.29, 0.717) is 78.4 Å². The molecule has 3 N–H and O–H groups in total. The molecule has 50 heavy (non-hydrogen) atoms. The molecule has 7 atom stereocenters. The maximum Gasteiger partial charge on any atom is 0.332 e. The van der Waals surface area contributed by atoms with Gasteiger partial charge in [-0.15, -0.1) is 0 Å². The molecular weight excluding hydrogens is 640 g/mol. The number of imidazole rings is 2. The van der Waals surface area contributed by atoms with Crippen LogP contribution in [0.25, 0.3) is 22.3 Å². The van der Waals surface area contributed by atoms with Crippen molar-refractivity contribution in [3.8, 4) is 0 Å². The number of aromatic nitrogens is 8. The number of rotatable bonds is 10. The molecule has 0 aliphatic heterocycles. The van der Waals surface area contributed by atoms with E-state index in [0.717, 1.165) is 63.6 Å². The Morgan fingerprint density at radius 1 is 0.640 bits per heavy atom. The average molecular weight is 691 g/mol. The summed E-state index contributed by atoms with van der Waals surface area (Å²) in [7, 11) is 0. The molecule has 270 valence electrons. The molecule has 4 saturated carbocycles. The Hall–Kier alpha value is -4.07. The van der Waals surface area contributed by atoms with Gasteiger partial charge in [0.25, 0.3) is 11.1 Å². The molecule has 4 aliphatic rings. The summed E-state index contributed by atoms with van der Waals surface area (Å²) < 4.78 is 5.84. The van der Waals surface area contributed by atoms with Crippen LogP contribution in [0.1, 0.15) is 115 Å². The van der Waals surface area contributed by atoms with Gasteiger partial charge in [-0.3, -0.25) is 32.7 Å². The molecule has 8 rings (SSSR count). The van der Waals surface area contributed by atoms with Crippen molar-refractivity contribution in [2.24, 2.45) is 23.7 Å². The minimum absolute atomic E-state index is 0.0229. The van der Waals surface area contributed by atoms with Crippen molar-refractivity contribution in [1.29, 1.82) is 0 Å². The van der Waals surface area contributed by atoms with E-state index >= 15 is 0 Å². The topological polar surface area (TPSA) is 183 Å². The van der Waals surface area contributed by atoms with E-state index in [2.05, 4.69) is 15.0 Å². The average Bonchev–Trinajstić information content (AvgIpc) is 3.95. The number of aromatic amines is 2. The van der Waals surface area contributed by atoms with Crippen molar-refractivity contribution in [2.45, 2.75) is 136 Å². The number of carbonyl (C=O) groups is 1. The first kappa shape index (κ1) is 34.4. The number of aliphatic hydroxyl groups is 1. The second kappa shape index (κ2) is 13.6.